The van der Waals surface area contributed by atoms with Gasteiger partial charge in [-0.3, -0.25) is 4.79 Å². The minimum absolute atomic E-state index is 0.0101. The Morgan fingerprint density at radius 2 is 2.29 bits per heavy atom. The molecule has 4 nitrogen and oxygen atoms in total. The number of rotatable bonds is 3. The molecule has 5 heteroatoms. The van der Waals surface area contributed by atoms with Gasteiger partial charge in [-0.05, 0) is 13.8 Å². The van der Waals surface area contributed by atoms with Crippen molar-refractivity contribution in [1.82, 2.24) is 0 Å². The van der Waals surface area contributed by atoms with Crippen molar-refractivity contribution in [2.24, 2.45) is 0 Å². The second kappa shape index (κ2) is 4.28. The molecule has 1 aromatic heterocycles. The van der Waals surface area contributed by atoms with Crippen molar-refractivity contribution >= 4 is 23.9 Å². The van der Waals surface area contributed by atoms with Gasteiger partial charge >= 0.3 is 5.97 Å². The van der Waals surface area contributed by atoms with Crippen molar-refractivity contribution < 1.29 is 18.7 Å². The molecule has 0 atom stereocenters. The highest BCUT2D eigenvalue weighted by Crippen LogP contribution is 2.26. The highest BCUT2D eigenvalue weighted by molar-refractivity contribution is 6.35. The Morgan fingerprint density at radius 3 is 2.71 bits per heavy atom. The van der Waals surface area contributed by atoms with Crippen LogP contribution in [0.1, 0.15) is 33.6 Å². The van der Waals surface area contributed by atoms with Crippen LogP contribution in [-0.2, 0) is 4.74 Å². The third-order valence-corrected chi connectivity index (χ3v) is 2.01. The molecule has 0 saturated carbocycles. The van der Waals surface area contributed by atoms with Gasteiger partial charge in [-0.25, -0.2) is 4.79 Å². The van der Waals surface area contributed by atoms with E-state index in [1.807, 2.05) is 0 Å². The first kappa shape index (κ1) is 10.8. The molecule has 1 heterocycles. The summed E-state index contributed by atoms with van der Waals surface area (Å²) in [7, 11) is 0. The number of aryl methyl sites for hydroxylation is 1. The van der Waals surface area contributed by atoms with Crippen LogP contribution in [0.3, 0.4) is 0 Å². The summed E-state index contributed by atoms with van der Waals surface area (Å²) in [5.41, 5.74) is 0.121. The van der Waals surface area contributed by atoms with Crippen LogP contribution in [0.2, 0.25) is 5.02 Å². The van der Waals surface area contributed by atoms with Gasteiger partial charge in [0, 0.05) is 0 Å². The molecule has 0 fully saturated rings. The van der Waals surface area contributed by atoms with Gasteiger partial charge in [-0.2, -0.15) is 0 Å². The molecular formula is C9H9ClO4. The zero-order chi connectivity index (χ0) is 10.7. The molecule has 0 unspecified atom stereocenters. The van der Waals surface area contributed by atoms with Crippen molar-refractivity contribution in [1.29, 1.82) is 0 Å². The third kappa shape index (κ3) is 1.80. The summed E-state index contributed by atoms with van der Waals surface area (Å²) in [4.78, 5) is 21.8. The van der Waals surface area contributed by atoms with E-state index < -0.39 is 5.97 Å². The van der Waals surface area contributed by atoms with Gasteiger partial charge in [0.2, 0.25) is 0 Å². The van der Waals surface area contributed by atoms with Crippen molar-refractivity contribution in [2.75, 3.05) is 6.61 Å². The minimum Gasteiger partial charge on any atom is -0.462 e. The highest BCUT2D eigenvalue weighted by atomic mass is 35.5. The number of halogens is 1. The number of carbonyl (C=O) groups is 2. The first-order chi connectivity index (χ1) is 6.61. The molecule has 0 amide bonds. The van der Waals surface area contributed by atoms with E-state index in [-0.39, 0.29) is 28.7 Å². The fourth-order valence-corrected chi connectivity index (χ4v) is 1.34. The van der Waals surface area contributed by atoms with Crippen LogP contribution in [-0.4, -0.2) is 18.9 Å². The molecule has 0 radical (unpaired) electrons. The van der Waals surface area contributed by atoms with E-state index in [0.717, 1.165) is 0 Å². The zero-order valence-corrected chi connectivity index (χ0v) is 8.55. The fourth-order valence-electron chi connectivity index (χ4n) is 1.05. The molecule has 0 N–H and O–H groups in total. The van der Waals surface area contributed by atoms with E-state index in [4.69, 9.17) is 20.8 Å². The molecule has 76 valence electrons. The molecule has 0 spiro atoms. The van der Waals surface area contributed by atoms with Crippen LogP contribution in [0.25, 0.3) is 0 Å². The zero-order valence-electron chi connectivity index (χ0n) is 7.80. The average Bonchev–Trinajstić information content (AvgIpc) is 2.41. The second-order valence-electron chi connectivity index (χ2n) is 2.55. The number of hydrogen-bond acceptors (Lipinski definition) is 4. The van der Waals surface area contributed by atoms with Gasteiger partial charge in [-0.1, -0.05) is 11.6 Å². The monoisotopic (exact) mass is 216 g/mol. The smallest absolute Gasteiger partial charge is 0.343 e. The molecule has 0 aliphatic rings. The summed E-state index contributed by atoms with van der Waals surface area (Å²) in [6, 6.07) is 0. The molecule has 1 rings (SSSR count). The Hall–Kier alpha value is -1.29. The van der Waals surface area contributed by atoms with Gasteiger partial charge in [0.15, 0.2) is 12.0 Å². The number of aldehydes is 1. The van der Waals surface area contributed by atoms with Gasteiger partial charge in [0.05, 0.1) is 6.61 Å². The fraction of sp³-hybridized carbons (Fsp3) is 0.333. The Bertz CT molecular complexity index is 367. The molecule has 0 aliphatic heterocycles. The van der Waals surface area contributed by atoms with Crippen LogP contribution in [0, 0.1) is 6.92 Å². The summed E-state index contributed by atoms with van der Waals surface area (Å²) in [5.74, 6) is -0.338. The Morgan fingerprint density at radius 1 is 1.64 bits per heavy atom. The van der Waals surface area contributed by atoms with Gasteiger partial charge in [-0.15, -0.1) is 0 Å². The average molecular weight is 217 g/mol. The number of ether oxygens (including phenoxy) is 1. The minimum atomic E-state index is -0.577. The Labute approximate surface area is 85.8 Å². The predicted octanol–water partition coefficient (Wildman–Crippen LogP) is 2.23. The summed E-state index contributed by atoms with van der Waals surface area (Å²) < 4.78 is 9.71. The number of furan rings is 1. The summed E-state index contributed by atoms with van der Waals surface area (Å²) >= 11 is 5.73. The van der Waals surface area contributed by atoms with Gasteiger partial charge < -0.3 is 9.15 Å². The summed E-state index contributed by atoms with van der Waals surface area (Å²) in [6.45, 7) is 3.48. The second-order valence-corrected chi connectivity index (χ2v) is 2.93. The van der Waals surface area contributed by atoms with Crippen molar-refractivity contribution in [2.45, 2.75) is 13.8 Å². The summed E-state index contributed by atoms with van der Waals surface area (Å²) in [6.07, 6.45) is 0.456. The topological polar surface area (TPSA) is 56.5 Å². The van der Waals surface area contributed by atoms with Crippen LogP contribution in [0.5, 0.6) is 0 Å². The Kier molecular flexibility index (Phi) is 3.30. The standard InChI is InChI=1S/C9H9ClO4/c1-3-13-9(12)7-5(2)14-6(4-11)8(7)10/h4H,3H2,1-2H3. The van der Waals surface area contributed by atoms with E-state index in [9.17, 15) is 9.59 Å². The maximum absolute atomic E-state index is 11.3. The van der Waals surface area contributed by atoms with Crippen molar-refractivity contribution in [3.63, 3.8) is 0 Å². The normalized spacial score (nSPS) is 9.93. The lowest BCUT2D eigenvalue weighted by Crippen LogP contribution is -2.05. The maximum atomic E-state index is 11.3. The highest BCUT2D eigenvalue weighted by Gasteiger charge is 2.22. The third-order valence-electron chi connectivity index (χ3n) is 1.64. The lowest BCUT2D eigenvalue weighted by molar-refractivity contribution is 0.0524. The quantitative estimate of drug-likeness (QED) is 0.574. The maximum Gasteiger partial charge on any atom is 0.343 e. The predicted molar refractivity (Wildman–Crippen MR) is 49.8 cm³/mol. The summed E-state index contributed by atoms with van der Waals surface area (Å²) in [5, 5.41) is 0.0101. The lowest BCUT2D eigenvalue weighted by Gasteiger charge is -1.99. The first-order valence-corrected chi connectivity index (χ1v) is 4.40. The molecular weight excluding hydrogens is 208 g/mol. The lowest BCUT2D eigenvalue weighted by atomic mass is 10.2. The molecule has 14 heavy (non-hydrogen) atoms. The van der Waals surface area contributed by atoms with E-state index in [2.05, 4.69) is 0 Å². The van der Waals surface area contributed by atoms with Crippen LogP contribution < -0.4 is 0 Å². The van der Waals surface area contributed by atoms with Crippen LogP contribution >= 0.6 is 11.6 Å². The molecule has 0 bridgehead atoms. The van der Waals surface area contributed by atoms with E-state index in [0.29, 0.717) is 6.29 Å². The van der Waals surface area contributed by atoms with Crippen LogP contribution in [0.15, 0.2) is 4.42 Å². The van der Waals surface area contributed by atoms with Crippen molar-refractivity contribution in [3.05, 3.63) is 22.1 Å². The number of esters is 1. The van der Waals surface area contributed by atoms with E-state index >= 15 is 0 Å². The molecule has 0 aromatic carbocycles. The van der Waals surface area contributed by atoms with Crippen LogP contribution in [0.4, 0.5) is 0 Å². The molecule has 0 saturated heterocycles. The van der Waals surface area contributed by atoms with Crippen molar-refractivity contribution in [3.8, 4) is 0 Å². The largest absolute Gasteiger partial charge is 0.462 e. The van der Waals surface area contributed by atoms with E-state index in [1.165, 1.54) is 0 Å². The number of carbonyl (C=O) groups excluding carboxylic acids is 2. The molecule has 0 aliphatic carbocycles. The first-order valence-electron chi connectivity index (χ1n) is 4.03. The SMILES string of the molecule is CCOC(=O)c1c(C)oc(C=O)c1Cl. The van der Waals surface area contributed by atoms with Gasteiger partial charge in [0.25, 0.3) is 0 Å². The van der Waals surface area contributed by atoms with E-state index in [1.54, 1.807) is 13.8 Å². The Balaban J connectivity index is 3.13. The molecule has 1 aromatic rings. The van der Waals surface area contributed by atoms with Gasteiger partial charge in [0.1, 0.15) is 16.3 Å². The number of hydrogen-bond donors (Lipinski definition) is 0.